The van der Waals surface area contributed by atoms with Crippen molar-refractivity contribution < 1.29 is 0 Å². The molecule has 0 atom stereocenters. The van der Waals surface area contributed by atoms with E-state index in [0.29, 0.717) is 0 Å². The van der Waals surface area contributed by atoms with Crippen molar-refractivity contribution in [1.82, 2.24) is 10.0 Å². The van der Waals surface area contributed by atoms with E-state index in [-0.39, 0.29) is 0 Å². The van der Waals surface area contributed by atoms with E-state index in [1.165, 1.54) is 11.1 Å². The van der Waals surface area contributed by atoms with Crippen LogP contribution in [0.5, 0.6) is 0 Å². The van der Waals surface area contributed by atoms with Crippen molar-refractivity contribution in [3.05, 3.63) is 42.0 Å². The van der Waals surface area contributed by atoms with E-state index in [4.69, 9.17) is 0 Å². The predicted octanol–water partition coefficient (Wildman–Crippen LogP) is 3.06. The highest BCUT2D eigenvalue weighted by Gasteiger charge is 2.06. The Morgan fingerprint density at radius 2 is 1.71 bits per heavy atom. The normalized spacial score (nSPS) is 11.1. The van der Waals surface area contributed by atoms with Gasteiger partial charge < -0.3 is 0 Å². The summed E-state index contributed by atoms with van der Waals surface area (Å²) in [6, 6.07) is 8.62. The highest BCUT2D eigenvalue weighted by molar-refractivity contribution is 5.47. The van der Waals surface area contributed by atoms with Crippen LogP contribution in [0.25, 0.3) is 6.08 Å². The van der Waals surface area contributed by atoms with Gasteiger partial charge in [-0.05, 0) is 17.5 Å². The Morgan fingerprint density at radius 1 is 1.12 bits per heavy atom. The summed E-state index contributed by atoms with van der Waals surface area (Å²) in [4.78, 5) is 0. The third-order valence-corrected chi connectivity index (χ3v) is 3.15. The maximum absolute atomic E-state index is 3.77. The Kier molecular flexibility index (Phi) is 5.95. The molecule has 0 saturated heterocycles. The Hall–Kier alpha value is -1.12. The number of hydrogen-bond acceptors (Lipinski definition) is 2. The van der Waals surface area contributed by atoms with E-state index < -0.39 is 0 Å². The first-order valence-corrected chi connectivity index (χ1v) is 6.38. The van der Waals surface area contributed by atoms with E-state index in [9.17, 15) is 0 Å². The molecule has 0 amide bonds. The van der Waals surface area contributed by atoms with Gasteiger partial charge in [-0.1, -0.05) is 50.8 Å². The summed E-state index contributed by atoms with van der Waals surface area (Å²) < 4.78 is 0. The number of hydrogen-bond donors (Lipinski definition) is 0. The van der Waals surface area contributed by atoms with E-state index in [1.54, 1.807) is 0 Å². The average Bonchev–Trinajstić information content (AvgIpc) is 2.38. The van der Waals surface area contributed by atoms with Crippen molar-refractivity contribution in [1.29, 1.82) is 0 Å². The molecule has 1 aromatic carbocycles. The van der Waals surface area contributed by atoms with Gasteiger partial charge in [0, 0.05) is 26.7 Å². The van der Waals surface area contributed by atoms with Gasteiger partial charge in [0.25, 0.3) is 0 Å². The van der Waals surface area contributed by atoms with Gasteiger partial charge >= 0.3 is 0 Å². The molecule has 1 aromatic rings. The van der Waals surface area contributed by atoms with Crippen molar-refractivity contribution in [3.8, 4) is 0 Å². The van der Waals surface area contributed by atoms with Crippen LogP contribution >= 0.6 is 0 Å². The monoisotopic (exact) mass is 232 g/mol. The molecule has 0 spiro atoms. The summed E-state index contributed by atoms with van der Waals surface area (Å²) in [5.74, 6) is 0. The van der Waals surface area contributed by atoms with Crippen LogP contribution in [0.1, 0.15) is 25.0 Å². The fourth-order valence-corrected chi connectivity index (χ4v) is 1.96. The molecule has 0 aliphatic carbocycles. The van der Waals surface area contributed by atoms with Crippen LogP contribution in [-0.2, 0) is 6.42 Å². The van der Waals surface area contributed by atoms with Crippen LogP contribution in [0, 0.1) is 0 Å². The third kappa shape index (κ3) is 4.33. The highest BCUT2D eigenvalue weighted by atomic mass is 15.6. The lowest BCUT2D eigenvalue weighted by atomic mass is 10.1. The third-order valence-electron chi connectivity index (χ3n) is 3.15. The Labute approximate surface area is 106 Å². The van der Waals surface area contributed by atoms with Crippen LogP contribution in [0.4, 0.5) is 0 Å². The van der Waals surface area contributed by atoms with Crippen molar-refractivity contribution in [2.24, 2.45) is 0 Å². The Morgan fingerprint density at radius 3 is 2.18 bits per heavy atom. The maximum Gasteiger partial charge on any atom is 0.0170 e. The molecule has 0 fully saturated rings. The van der Waals surface area contributed by atoms with Crippen LogP contribution in [-0.4, -0.2) is 36.7 Å². The second-order valence-corrected chi connectivity index (χ2v) is 4.22. The molecule has 0 N–H and O–H groups in total. The summed E-state index contributed by atoms with van der Waals surface area (Å²) in [5, 5.41) is 4.65. The maximum atomic E-state index is 3.77. The fourth-order valence-electron chi connectivity index (χ4n) is 1.96. The number of benzene rings is 1. The second kappa shape index (κ2) is 7.25. The summed E-state index contributed by atoms with van der Waals surface area (Å²) in [6.07, 6.45) is 2.97. The zero-order valence-electron chi connectivity index (χ0n) is 11.3. The number of hydrazine groups is 1. The van der Waals surface area contributed by atoms with Gasteiger partial charge in [-0.15, -0.1) is 0 Å². The Balaban J connectivity index is 2.46. The molecular weight excluding hydrogens is 208 g/mol. The smallest absolute Gasteiger partial charge is 0.0170 e. The van der Waals surface area contributed by atoms with Gasteiger partial charge in [-0.2, -0.15) is 0 Å². The second-order valence-electron chi connectivity index (χ2n) is 4.22. The molecular formula is C15H24N2. The molecule has 0 aromatic heterocycles. The summed E-state index contributed by atoms with van der Waals surface area (Å²) >= 11 is 0. The van der Waals surface area contributed by atoms with Gasteiger partial charge in [-0.3, -0.25) is 0 Å². The van der Waals surface area contributed by atoms with Crippen LogP contribution in [0.3, 0.4) is 0 Å². The Bertz CT molecular complexity index is 325. The fraction of sp³-hybridized carbons (Fsp3) is 0.467. The van der Waals surface area contributed by atoms with E-state index in [0.717, 1.165) is 26.1 Å². The molecule has 0 aliphatic heterocycles. The van der Waals surface area contributed by atoms with E-state index >= 15 is 0 Å². The zero-order valence-corrected chi connectivity index (χ0v) is 11.3. The molecule has 0 saturated carbocycles. The molecule has 1 rings (SSSR count). The minimum atomic E-state index is 1.06. The van der Waals surface area contributed by atoms with Crippen molar-refractivity contribution in [2.45, 2.75) is 20.3 Å². The molecule has 0 unspecified atom stereocenters. The number of likely N-dealkylation sites (N-methyl/N-ethyl adjacent to an activating group) is 1. The van der Waals surface area contributed by atoms with Crippen LogP contribution in [0.2, 0.25) is 0 Å². The van der Waals surface area contributed by atoms with Crippen molar-refractivity contribution >= 4 is 6.08 Å². The number of rotatable bonds is 7. The van der Waals surface area contributed by atoms with Gasteiger partial charge in [0.2, 0.25) is 0 Å². The molecule has 0 heterocycles. The average molecular weight is 232 g/mol. The van der Waals surface area contributed by atoms with E-state index in [1.807, 2.05) is 6.08 Å². The minimum Gasteiger partial charge on any atom is -0.245 e. The van der Waals surface area contributed by atoms with Gasteiger partial charge in [0.1, 0.15) is 0 Å². The first-order chi connectivity index (χ1) is 8.21. The van der Waals surface area contributed by atoms with Crippen molar-refractivity contribution in [3.63, 3.8) is 0 Å². The molecule has 0 aliphatic rings. The highest BCUT2D eigenvalue weighted by Crippen LogP contribution is 2.07. The standard InChI is InChI=1S/C15H24N2/c1-5-14-8-10-15(11-9-14)12-13-16(4)17(6-2)7-3/h5,8-11H,1,6-7,12-13H2,2-4H3. The number of nitrogens with zero attached hydrogens (tertiary/aromatic N) is 2. The molecule has 2 nitrogen and oxygen atoms in total. The quantitative estimate of drug-likeness (QED) is 0.667. The lowest BCUT2D eigenvalue weighted by Crippen LogP contribution is -2.40. The SMILES string of the molecule is C=Cc1ccc(CCN(C)N(CC)CC)cc1. The molecule has 0 radical (unpaired) electrons. The molecule has 17 heavy (non-hydrogen) atoms. The van der Waals surface area contributed by atoms with Crippen LogP contribution in [0.15, 0.2) is 30.8 Å². The predicted molar refractivity (Wildman–Crippen MR) is 75.8 cm³/mol. The summed E-state index contributed by atoms with van der Waals surface area (Å²) in [6.45, 7) is 11.4. The lowest BCUT2D eigenvalue weighted by Gasteiger charge is -2.29. The molecule has 2 heteroatoms. The van der Waals surface area contributed by atoms with E-state index in [2.05, 4.69) is 61.8 Å². The van der Waals surface area contributed by atoms with Crippen molar-refractivity contribution in [2.75, 3.05) is 26.7 Å². The van der Waals surface area contributed by atoms with Gasteiger partial charge in [0.05, 0.1) is 0 Å². The van der Waals surface area contributed by atoms with Gasteiger partial charge in [0.15, 0.2) is 0 Å². The van der Waals surface area contributed by atoms with Gasteiger partial charge in [-0.25, -0.2) is 10.0 Å². The zero-order chi connectivity index (χ0) is 12.7. The van der Waals surface area contributed by atoms with Crippen LogP contribution < -0.4 is 0 Å². The molecule has 0 bridgehead atoms. The minimum absolute atomic E-state index is 1.06. The molecule has 94 valence electrons. The topological polar surface area (TPSA) is 6.48 Å². The lowest BCUT2D eigenvalue weighted by molar-refractivity contribution is 0.0110. The first-order valence-electron chi connectivity index (χ1n) is 6.38. The largest absolute Gasteiger partial charge is 0.245 e. The summed E-state index contributed by atoms with van der Waals surface area (Å²) in [5.41, 5.74) is 2.57. The first kappa shape index (κ1) is 13.9. The summed E-state index contributed by atoms with van der Waals surface area (Å²) in [7, 11) is 2.16.